The fourth-order valence-electron chi connectivity index (χ4n) is 7.12. The van der Waals surface area contributed by atoms with Gasteiger partial charge in [-0.3, -0.25) is 43.2 Å². The molecule has 8 amide bonds. The maximum atomic E-state index is 14.3. The standard InChI is InChI=1S/C41H58N12O10/c1-5-21(2)33(38(61)50-29(16-23-19-45-20-47-23)39(62)53-14-8-11-30(53)34(43)57)52-35(58)26(12-13-31(42)54)48-36(59)27(15-22-18-46-25-10-7-6-9-24(22)25)49-37(60)28(17-32(55)56)51-40(63)41(3,4)44/h6-7,9-10,18-21,26-30,33,46H,5,8,11-17,44H2,1-4H3,(H2,42,54)(H2,43,57)(H,45,47)(H,48,59)(H,49,60)(H,50,61)(H,51,63)(H,52,58)(H,55,56)/t21-,26-,27-,28-,29-,30-,33-/m0/s1. The van der Waals surface area contributed by atoms with E-state index in [-0.39, 0.29) is 25.8 Å². The van der Waals surface area contributed by atoms with Crippen molar-refractivity contribution >= 4 is 64.1 Å². The molecule has 342 valence electrons. The summed E-state index contributed by atoms with van der Waals surface area (Å²) >= 11 is 0. The Morgan fingerprint density at radius 2 is 1.52 bits per heavy atom. The van der Waals surface area contributed by atoms with E-state index in [1.807, 2.05) is 0 Å². The molecule has 4 rings (SSSR count). The van der Waals surface area contributed by atoms with Gasteiger partial charge in [-0.15, -0.1) is 0 Å². The number of aliphatic carboxylic acids is 1. The number of hydrogen-bond acceptors (Lipinski definition) is 11. The van der Waals surface area contributed by atoms with Gasteiger partial charge in [-0.2, -0.15) is 0 Å². The maximum absolute atomic E-state index is 14.3. The molecule has 3 heterocycles. The van der Waals surface area contributed by atoms with Gasteiger partial charge in [-0.1, -0.05) is 38.5 Å². The smallest absolute Gasteiger partial charge is 0.305 e. The summed E-state index contributed by atoms with van der Waals surface area (Å²) < 4.78 is 0. The monoisotopic (exact) mass is 878 g/mol. The fraction of sp³-hybridized carbons (Fsp3) is 0.512. The number of H-pyrrole nitrogens is 2. The molecule has 0 spiro atoms. The van der Waals surface area contributed by atoms with Gasteiger partial charge in [-0.25, -0.2) is 4.98 Å². The number of imidazole rings is 1. The first kappa shape index (κ1) is 48.8. The number of aromatic nitrogens is 3. The number of nitrogens with one attached hydrogen (secondary N) is 7. The summed E-state index contributed by atoms with van der Waals surface area (Å²) in [5.41, 5.74) is 17.2. The molecule has 0 unspecified atom stereocenters. The van der Waals surface area contributed by atoms with E-state index in [2.05, 4.69) is 41.5 Å². The number of carbonyl (C=O) groups excluding carboxylic acids is 8. The quantitative estimate of drug-likeness (QED) is 0.0498. The molecule has 14 N–H and O–H groups in total. The average molecular weight is 879 g/mol. The third kappa shape index (κ3) is 13.6. The number of hydrogen-bond donors (Lipinski definition) is 11. The Labute approximate surface area is 363 Å². The van der Waals surface area contributed by atoms with Crippen molar-refractivity contribution in [3.05, 3.63) is 54.2 Å². The van der Waals surface area contributed by atoms with E-state index in [1.165, 1.54) is 31.3 Å². The van der Waals surface area contributed by atoms with Gasteiger partial charge >= 0.3 is 5.97 Å². The predicted molar refractivity (Wildman–Crippen MR) is 226 cm³/mol. The van der Waals surface area contributed by atoms with E-state index in [0.29, 0.717) is 41.4 Å². The molecule has 2 aromatic heterocycles. The topological polar surface area (TPSA) is 360 Å². The Morgan fingerprint density at radius 3 is 2.14 bits per heavy atom. The van der Waals surface area contributed by atoms with Crippen LogP contribution in [0.4, 0.5) is 0 Å². The number of carboxylic acids is 1. The second kappa shape index (κ2) is 21.8. The summed E-state index contributed by atoms with van der Waals surface area (Å²) in [7, 11) is 0. The van der Waals surface area contributed by atoms with Crippen molar-refractivity contribution in [3.63, 3.8) is 0 Å². The van der Waals surface area contributed by atoms with Crippen molar-refractivity contribution in [2.24, 2.45) is 23.1 Å². The molecule has 63 heavy (non-hydrogen) atoms. The minimum absolute atomic E-state index is 0.0461. The van der Waals surface area contributed by atoms with Crippen LogP contribution >= 0.6 is 0 Å². The number of aromatic amines is 2. The van der Waals surface area contributed by atoms with Gasteiger partial charge in [0.1, 0.15) is 36.3 Å². The van der Waals surface area contributed by atoms with Gasteiger partial charge in [0.2, 0.25) is 47.3 Å². The second-order valence-corrected chi connectivity index (χ2v) is 16.3. The Balaban J connectivity index is 1.63. The number of carbonyl (C=O) groups is 9. The van der Waals surface area contributed by atoms with Crippen LogP contribution in [0.3, 0.4) is 0 Å². The lowest BCUT2D eigenvalue weighted by Crippen LogP contribution is -2.61. The summed E-state index contributed by atoms with van der Waals surface area (Å²) in [6, 6.07) is -0.989. The molecular formula is C41H58N12O10. The van der Waals surface area contributed by atoms with E-state index < -0.39 is 114 Å². The Hall–Kier alpha value is -6.84. The lowest BCUT2D eigenvalue weighted by atomic mass is 9.96. The first-order chi connectivity index (χ1) is 29.7. The summed E-state index contributed by atoms with van der Waals surface area (Å²) in [4.78, 5) is 130. The van der Waals surface area contributed by atoms with Crippen LogP contribution in [0, 0.1) is 5.92 Å². The van der Waals surface area contributed by atoms with E-state index in [1.54, 1.807) is 44.3 Å². The molecule has 1 fully saturated rings. The molecule has 22 heteroatoms. The van der Waals surface area contributed by atoms with Crippen molar-refractivity contribution < 1.29 is 48.3 Å². The van der Waals surface area contributed by atoms with E-state index in [4.69, 9.17) is 17.2 Å². The second-order valence-electron chi connectivity index (χ2n) is 16.3. The van der Waals surface area contributed by atoms with Crippen LogP contribution in [0.15, 0.2) is 43.0 Å². The average Bonchev–Trinajstić information content (AvgIpc) is 4.02. The van der Waals surface area contributed by atoms with Gasteiger partial charge in [0.25, 0.3) is 0 Å². The van der Waals surface area contributed by atoms with Gasteiger partial charge in [0, 0.05) is 54.8 Å². The fourth-order valence-corrected chi connectivity index (χ4v) is 7.12. The number of fused-ring (bicyclic) bond motifs is 1. The minimum atomic E-state index is -1.67. The zero-order valence-corrected chi connectivity index (χ0v) is 35.7. The van der Waals surface area contributed by atoms with Crippen LogP contribution in [0.1, 0.15) is 77.5 Å². The van der Waals surface area contributed by atoms with Crippen molar-refractivity contribution in [3.8, 4) is 0 Å². The Kier molecular flexibility index (Phi) is 16.9. The number of nitrogens with zero attached hydrogens (tertiary/aromatic N) is 2. The molecule has 0 saturated carbocycles. The highest BCUT2D eigenvalue weighted by molar-refractivity contribution is 5.99. The molecule has 1 saturated heterocycles. The van der Waals surface area contributed by atoms with Gasteiger partial charge in [0.05, 0.1) is 18.3 Å². The Bertz CT molecular complexity index is 2150. The normalized spacial score (nSPS) is 16.7. The van der Waals surface area contributed by atoms with E-state index in [0.717, 1.165) is 0 Å². The van der Waals surface area contributed by atoms with Crippen molar-refractivity contribution in [1.29, 1.82) is 0 Å². The number of benzene rings is 1. The highest BCUT2D eigenvalue weighted by atomic mass is 16.4. The van der Waals surface area contributed by atoms with E-state index in [9.17, 15) is 48.3 Å². The van der Waals surface area contributed by atoms with Crippen molar-refractivity contribution in [2.75, 3.05) is 6.54 Å². The van der Waals surface area contributed by atoms with Gasteiger partial charge < -0.3 is 63.8 Å². The molecule has 3 aromatic rings. The van der Waals surface area contributed by atoms with Gasteiger partial charge in [0.15, 0.2) is 0 Å². The lowest BCUT2D eigenvalue weighted by Gasteiger charge is -2.31. The number of primary amides is 2. The third-order valence-electron chi connectivity index (χ3n) is 10.9. The molecule has 1 aliphatic heterocycles. The number of nitrogens with two attached hydrogens (primary N) is 3. The first-order valence-corrected chi connectivity index (χ1v) is 20.6. The molecule has 0 radical (unpaired) electrons. The van der Waals surface area contributed by atoms with Crippen LogP contribution in [0.2, 0.25) is 0 Å². The first-order valence-electron chi connectivity index (χ1n) is 20.6. The third-order valence-corrected chi connectivity index (χ3v) is 10.9. The summed E-state index contributed by atoms with van der Waals surface area (Å²) in [5, 5.41) is 23.1. The highest BCUT2D eigenvalue weighted by Crippen LogP contribution is 2.21. The SMILES string of the molecule is CC[C@H](C)[C@H](NC(=O)[C@H](CCC(N)=O)NC(=O)[C@H](Cc1c[nH]c2ccccc12)NC(=O)[C@H](CC(=O)O)NC(=O)C(C)(C)N)C(=O)N[C@@H](Cc1cnc[nH]1)C(=O)N1CCC[C@H]1C(N)=O. The van der Waals surface area contributed by atoms with Crippen LogP contribution in [-0.4, -0.2) is 127 Å². The molecule has 0 bridgehead atoms. The number of para-hydroxylation sites is 1. The maximum Gasteiger partial charge on any atom is 0.305 e. The van der Waals surface area contributed by atoms with Crippen LogP contribution < -0.4 is 43.8 Å². The lowest BCUT2D eigenvalue weighted by molar-refractivity contribution is -0.141. The Morgan fingerprint density at radius 1 is 0.873 bits per heavy atom. The summed E-state index contributed by atoms with van der Waals surface area (Å²) in [5.74, 6) is -8.56. The zero-order chi connectivity index (χ0) is 46.6. The molecule has 1 aliphatic rings. The van der Waals surface area contributed by atoms with Crippen LogP contribution in [0.25, 0.3) is 10.9 Å². The highest BCUT2D eigenvalue weighted by Gasteiger charge is 2.39. The molecular weight excluding hydrogens is 821 g/mol. The largest absolute Gasteiger partial charge is 0.481 e. The summed E-state index contributed by atoms with van der Waals surface area (Å²) in [6.07, 6.45) is 3.87. The van der Waals surface area contributed by atoms with E-state index >= 15 is 0 Å². The minimum Gasteiger partial charge on any atom is -0.481 e. The summed E-state index contributed by atoms with van der Waals surface area (Å²) in [6.45, 7) is 6.39. The van der Waals surface area contributed by atoms with Crippen molar-refractivity contribution in [2.45, 2.75) is 121 Å². The molecule has 1 aromatic carbocycles. The molecule has 7 atom stereocenters. The van der Waals surface area contributed by atoms with Crippen molar-refractivity contribution in [1.82, 2.24) is 46.4 Å². The number of amides is 8. The van der Waals surface area contributed by atoms with Crippen LogP contribution in [0.5, 0.6) is 0 Å². The predicted octanol–water partition coefficient (Wildman–Crippen LogP) is -1.90. The van der Waals surface area contributed by atoms with Gasteiger partial charge in [-0.05, 0) is 50.7 Å². The number of rotatable bonds is 23. The molecule has 0 aliphatic carbocycles. The molecule has 22 nitrogen and oxygen atoms in total. The zero-order valence-electron chi connectivity index (χ0n) is 35.7. The number of carboxylic acid groups (broad SMARTS) is 1. The van der Waals surface area contributed by atoms with Crippen LogP contribution in [-0.2, 0) is 56.0 Å². The number of likely N-dealkylation sites (tertiary alicyclic amines) is 1.